The SMILES string of the molecule is C=C(C)C(=O)OC(C)([O])CC. The molecule has 0 saturated heterocycles. The first-order valence-corrected chi connectivity index (χ1v) is 3.48. The van der Waals surface area contributed by atoms with Gasteiger partial charge in [-0.3, -0.25) is 0 Å². The van der Waals surface area contributed by atoms with Crippen molar-refractivity contribution < 1.29 is 14.6 Å². The van der Waals surface area contributed by atoms with E-state index >= 15 is 0 Å². The standard InChI is InChI=1S/C8H13O3/c1-5-8(4,10)11-7(9)6(2)3/h2,5H2,1,3-4H3. The van der Waals surface area contributed by atoms with E-state index in [1.807, 2.05) is 0 Å². The lowest BCUT2D eigenvalue weighted by atomic mass is 10.2. The fourth-order valence-electron chi connectivity index (χ4n) is 0.355. The Kier molecular flexibility index (Phi) is 3.26. The number of hydrogen-bond donors (Lipinski definition) is 0. The summed E-state index contributed by atoms with van der Waals surface area (Å²) in [5, 5.41) is 11.1. The van der Waals surface area contributed by atoms with Gasteiger partial charge in [-0.05, 0) is 6.92 Å². The normalized spacial score (nSPS) is 15.3. The zero-order chi connectivity index (χ0) is 9.07. The second-order valence-corrected chi connectivity index (χ2v) is 2.66. The fraction of sp³-hybridized carbons (Fsp3) is 0.625. The molecule has 0 amide bonds. The van der Waals surface area contributed by atoms with Crippen molar-refractivity contribution in [3.8, 4) is 0 Å². The Morgan fingerprint density at radius 2 is 2.09 bits per heavy atom. The summed E-state index contributed by atoms with van der Waals surface area (Å²) in [6.45, 7) is 7.86. The molecule has 0 fully saturated rings. The van der Waals surface area contributed by atoms with Crippen molar-refractivity contribution in [2.75, 3.05) is 0 Å². The van der Waals surface area contributed by atoms with Gasteiger partial charge in [0.2, 0.25) is 5.79 Å². The van der Waals surface area contributed by atoms with Crippen LogP contribution < -0.4 is 0 Å². The van der Waals surface area contributed by atoms with Crippen molar-refractivity contribution in [3.05, 3.63) is 12.2 Å². The highest BCUT2D eigenvalue weighted by Gasteiger charge is 2.24. The van der Waals surface area contributed by atoms with E-state index in [2.05, 4.69) is 11.3 Å². The molecule has 3 heteroatoms. The number of hydrogen-bond acceptors (Lipinski definition) is 2. The molecule has 0 aromatic heterocycles. The molecular formula is C8H13O3. The lowest BCUT2D eigenvalue weighted by Crippen LogP contribution is -2.29. The Morgan fingerprint density at radius 1 is 1.64 bits per heavy atom. The Labute approximate surface area is 66.7 Å². The molecule has 0 aromatic rings. The van der Waals surface area contributed by atoms with Crippen molar-refractivity contribution in [1.82, 2.24) is 0 Å². The Morgan fingerprint density at radius 3 is 2.36 bits per heavy atom. The van der Waals surface area contributed by atoms with Crippen molar-refractivity contribution in [1.29, 1.82) is 0 Å². The van der Waals surface area contributed by atoms with Gasteiger partial charge in [-0.1, -0.05) is 13.5 Å². The first-order chi connectivity index (χ1) is 4.89. The molecule has 0 aliphatic rings. The molecule has 1 radical (unpaired) electrons. The summed E-state index contributed by atoms with van der Waals surface area (Å²) >= 11 is 0. The maximum atomic E-state index is 11.1. The predicted molar refractivity (Wildman–Crippen MR) is 40.3 cm³/mol. The van der Waals surface area contributed by atoms with Gasteiger partial charge in [0.05, 0.1) is 0 Å². The van der Waals surface area contributed by atoms with Crippen LogP contribution in [-0.4, -0.2) is 11.8 Å². The van der Waals surface area contributed by atoms with Gasteiger partial charge in [-0.15, -0.1) is 0 Å². The van der Waals surface area contributed by atoms with Crippen LogP contribution in [0.3, 0.4) is 0 Å². The molecule has 63 valence electrons. The highest BCUT2D eigenvalue weighted by molar-refractivity contribution is 5.87. The molecule has 0 aliphatic heterocycles. The number of ether oxygens (including phenoxy) is 1. The van der Waals surface area contributed by atoms with Crippen molar-refractivity contribution >= 4 is 5.97 Å². The predicted octanol–water partition coefficient (Wildman–Crippen LogP) is 1.66. The molecule has 11 heavy (non-hydrogen) atoms. The summed E-state index contributed by atoms with van der Waals surface area (Å²) in [6, 6.07) is 0. The summed E-state index contributed by atoms with van der Waals surface area (Å²) in [7, 11) is 0. The molecule has 0 N–H and O–H groups in total. The van der Waals surface area contributed by atoms with E-state index in [1.165, 1.54) is 13.8 Å². The highest BCUT2D eigenvalue weighted by Crippen LogP contribution is 2.13. The average Bonchev–Trinajstić information content (AvgIpc) is 1.87. The summed E-state index contributed by atoms with van der Waals surface area (Å²) < 4.78 is 4.55. The van der Waals surface area contributed by atoms with Gasteiger partial charge < -0.3 is 4.74 Å². The first-order valence-electron chi connectivity index (χ1n) is 3.48. The average molecular weight is 157 g/mol. The van der Waals surface area contributed by atoms with Crippen molar-refractivity contribution in [2.45, 2.75) is 33.0 Å². The molecule has 0 aromatic carbocycles. The molecule has 0 aliphatic carbocycles. The van der Waals surface area contributed by atoms with E-state index in [0.717, 1.165) is 0 Å². The minimum absolute atomic E-state index is 0.250. The van der Waals surface area contributed by atoms with Crippen molar-refractivity contribution in [3.63, 3.8) is 0 Å². The third kappa shape index (κ3) is 3.78. The Bertz CT molecular complexity index is 170. The largest absolute Gasteiger partial charge is 0.427 e. The molecule has 0 bridgehead atoms. The number of esters is 1. The Balaban J connectivity index is 4.04. The first kappa shape index (κ1) is 10.2. The van der Waals surface area contributed by atoms with E-state index in [1.54, 1.807) is 6.92 Å². The van der Waals surface area contributed by atoms with Crippen LogP contribution in [0, 0.1) is 0 Å². The van der Waals surface area contributed by atoms with E-state index in [0.29, 0.717) is 0 Å². The van der Waals surface area contributed by atoms with E-state index in [-0.39, 0.29) is 12.0 Å². The second-order valence-electron chi connectivity index (χ2n) is 2.66. The monoisotopic (exact) mass is 157 g/mol. The molecule has 0 heterocycles. The molecule has 0 spiro atoms. The molecule has 0 saturated carbocycles. The van der Waals surface area contributed by atoms with Crippen LogP contribution in [0.2, 0.25) is 0 Å². The third-order valence-corrected chi connectivity index (χ3v) is 1.30. The third-order valence-electron chi connectivity index (χ3n) is 1.30. The zero-order valence-electron chi connectivity index (χ0n) is 7.14. The molecule has 0 rings (SSSR count). The van der Waals surface area contributed by atoms with Gasteiger partial charge in [0.25, 0.3) is 0 Å². The molecule has 1 atom stereocenters. The maximum absolute atomic E-state index is 11.1. The smallest absolute Gasteiger partial charge is 0.335 e. The van der Waals surface area contributed by atoms with Gasteiger partial charge in [-0.25, -0.2) is 4.79 Å². The number of carbonyl (C=O) groups excluding carboxylic acids is 1. The lowest BCUT2D eigenvalue weighted by molar-refractivity contribution is -0.222. The van der Waals surface area contributed by atoms with Crippen LogP contribution in [0.15, 0.2) is 12.2 Å². The Hall–Kier alpha value is -0.830. The minimum atomic E-state index is -1.62. The summed E-state index contributed by atoms with van der Waals surface area (Å²) in [4.78, 5) is 10.8. The van der Waals surface area contributed by atoms with Crippen LogP contribution in [0.25, 0.3) is 0 Å². The minimum Gasteiger partial charge on any atom is -0.427 e. The molecular weight excluding hydrogens is 144 g/mol. The van der Waals surface area contributed by atoms with Gasteiger partial charge in [0, 0.05) is 18.9 Å². The quantitative estimate of drug-likeness (QED) is 0.355. The van der Waals surface area contributed by atoms with Crippen LogP contribution in [0.1, 0.15) is 27.2 Å². The van der Waals surface area contributed by atoms with Crippen LogP contribution >= 0.6 is 0 Å². The van der Waals surface area contributed by atoms with Gasteiger partial charge in [0.1, 0.15) is 0 Å². The number of carbonyl (C=O) groups is 1. The summed E-state index contributed by atoms with van der Waals surface area (Å²) in [6.07, 6.45) is 0.256. The summed E-state index contributed by atoms with van der Waals surface area (Å²) in [5.41, 5.74) is 0.250. The maximum Gasteiger partial charge on any atom is 0.335 e. The molecule has 1 unspecified atom stereocenters. The van der Waals surface area contributed by atoms with E-state index < -0.39 is 11.8 Å². The molecule has 3 nitrogen and oxygen atoms in total. The van der Waals surface area contributed by atoms with E-state index in [9.17, 15) is 9.90 Å². The number of rotatable bonds is 3. The second kappa shape index (κ2) is 3.53. The van der Waals surface area contributed by atoms with Crippen LogP contribution in [0.4, 0.5) is 0 Å². The van der Waals surface area contributed by atoms with Gasteiger partial charge in [0.15, 0.2) is 0 Å². The van der Waals surface area contributed by atoms with E-state index in [4.69, 9.17) is 0 Å². The highest BCUT2D eigenvalue weighted by atomic mass is 16.7. The zero-order valence-corrected chi connectivity index (χ0v) is 7.14. The topological polar surface area (TPSA) is 46.2 Å². The van der Waals surface area contributed by atoms with Crippen LogP contribution in [0.5, 0.6) is 0 Å². The lowest BCUT2D eigenvalue weighted by Gasteiger charge is -2.18. The van der Waals surface area contributed by atoms with Crippen molar-refractivity contribution in [2.24, 2.45) is 0 Å². The fourth-order valence-corrected chi connectivity index (χ4v) is 0.355. The summed E-state index contributed by atoms with van der Waals surface area (Å²) in [5.74, 6) is -2.24. The van der Waals surface area contributed by atoms with Crippen LogP contribution in [-0.2, 0) is 14.6 Å². The van der Waals surface area contributed by atoms with Gasteiger partial charge in [-0.2, -0.15) is 5.11 Å². The van der Waals surface area contributed by atoms with Gasteiger partial charge >= 0.3 is 5.97 Å².